The highest BCUT2D eigenvalue weighted by atomic mass is 16.5. The Bertz CT molecular complexity index is 1040. The van der Waals surface area contributed by atoms with Gasteiger partial charge in [-0.3, -0.25) is 9.69 Å². The first-order valence-electron chi connectivity index (χ1n) is 16.7. The molecule has 5 aliphatic carbocycles. The minimum atomic E-state index is -0.220. The molecule has 2 heterocycles. The van der Waals surface area contributed by atoms with Gasteiger partial charge in [0.15, 0.2) is 0 Å². The Morgan fingerprint density at radius 1 is 1.18 bits per heavy atom. The van der Waals surface area contributed by atoms with Gasteiger partial charge in [-0.15, -0.1) is 0 Å². The van der Waals surface area contributed by atoms with E-state index in [1.807, 2.05) is 0 Å². The molecule has 7 aliphatic rings. The van der Waals surface area contributed by atoms with Gasteiger partial charge in [0.05, 0.1) is 17.8 Å². The second-order valence-corrected chi connectivity index (χ2v) is 15.8. The van der Waals surface area contributed by atoms with E-state index in [9.17, 15) is 9.90 Å². The highest BCUT2D eigenvalue weighted by Gasteiger charge is 2.84. The van der Waals surface area contributed by atoms with Crippen molar-refractivity contribution in [3.8, 4) is 0 Å². The summed E-state index contributed by atoms with van der Waals surface area (Å²) in [4.78, 5) is 14.8. The standard InChI is InChI=1S/C34H54N2O3/c1-6-7-29(38)35-14-15-36-19-21(2)16-28-30(36)22(3)34(39-28)13-11-26-25-9-8-23-17-24(37)10-12-31(23,4)27(25)18-33(26)20-32(33,34)5/h17,21-22,24-28,30,37H,6-16,18-20H2,1-5H3,(H,35,38)/t21-,22+,24-,25-,26-,27-,28+,30-,31-,32?,33?,34+/m0/s1. The van der Waals surface area contributed by atoms with E-state index in [0.29, 0.717) is 41.2 Å². The van der Waals surface area contributed by atoms with Gasteiger partial charge in [-0.2, -0.15) is 0 Å². The molecule has 5 heteroatoms. The first-order valence-corrected chi connectivity index (χ1v) is 16.7. The number of allylic oxidation sites excluding steroid dienone is 1. The van der Waals surface area contributed by atoms with Crippen molar-refractivity contribution in [3.63, 3.8) is 0 Å². The Kier molecular flexibility index (Phi) is 6.25. The number of aliphatic hydroxyl groups excluding tert-OH is 1. The third-order valence-electron chi connectivity index (χ3n) is 14.2. The van der Waals surface area contributed by atoms with Crippen LogP contribution in [0.4, 0.5) is 0 Å². The third-order valence-corrected chi connectivity index (χ3v) is 14.2. The van der Waals surface area contributed by atoms with Gasteiger partial charge in [0.2, 0.25) is 5.91 Å². The van der Waals surface area contributed by atoms with E-state index in [0.717, 1.165) is 50.2 Å². The molecule has 2 aliphatic heterocycles. The number of piperidine rings is 1. The number of likely N-dealkylation sites (tertiary alicyclic amines) is 1. The molecule has 2 N–H and O–H groups in total. The molecular weight excluding hydrogens is 484 g/mol. The van der Waals surface area contributed by atoms with Gasteiger partial charge in [-0.05, 0) is 98.7 Å². The van der Waals surface area contributed by atoms with Crippen LogP contribution in [0.5, 0.6) is 0 Å². The summed E-state index contributed by atoms with van der Waals surface area (Å²) < 4.78 is 7.46. The number of fused-ring (bicyclic) bond motifs is 6. The highest BCUT2D eigenvalue weighted by Crippen LogP contribution is 2.87. The monoisotopic (exact) mass is 538 g/mol. The Hall–Kier alpha value is -0.910. The summed E-state index contributed by atoms with van der Waals surface area (Å²) >= 11 is 0. The van der Waals surface area contributed by atoms with Crippen LogP contribution in [0.2, 0.25) is 0 Å². The van der Waals surface area contributed by atoms with Crippen molar-refractivity contribution < 1.29 is 14.6 Å². The largest absolute Gasteiger partial charge is 0.389 e. The lowest BCUT2D eigenvalue weighted by Gasteiger charge is -2.50. The van der Waals surface area contributed by atoms with Crippen LogP contribution in [0.3, 0.4) is 0 Å². The van der Waals surface area contributed by atoms with Gasteiger partial charge < -0.3 is 15.2 Å². The molecule has 0 radical (unpaired) electrons. The quantitative estimate of drug-likeness (QED) is 0.440. The SMILES string of the molecule is CCCC(=O)NCCN1C[C@@H](C)C[C@H]2O[C@]3(CC[C@H]4[C@@H]5CCC6=C[C@@H](O)CC[C@]6(C)[C@H]5CC45CC53C)[C@H](C)[C@@H]21. The van der Waals surface area contributed by atoms with Crippen molar-refractivity contribution in [2.45, 2.75) is 129 Å². The smallest absolute Gasteiger partial charge is 0.220 e. The number of rotatable bonds is 5. The minimum absolute atomic E-state index is 0.00241. The first kappa shape index (κ1) is 27.0. The average Bonchev–Trinajstić information content (AvgIpc) is 3.22. The lowest BCUT2D eigenvalue weighted by molar-refractivity contribution is -0.148. The summed E-state index contributed by atoms with van der Waals surface area (Å²) in [7, 11) is 0. The van der Waals surface area contributed by atoms with Crippen LogP contribution in [-0.4, -0.2) is 59.4 Å². The molecule has 218 valence electrons. The molecular formula is C34H54N2O3. The Balaban J connectivity index is 1.13. The van der Waals surface area contributed by atoms with E-state index in [-0.39, 0.29) is 23.0 Å². The van der Waals surface area contributed by atoms with Crippen molar-refractivity contribution in [1.82, 2.24) is 10.2 Å². The van der Waals surface area contributed by atoms with Gasteiger partial charge in [-0.1, -0.05) is 46.3 Å². The number of hydrogen-bond acceptors (Lipinski definition) is 4. The molecule has 1 amide bonds. The van der Waals surface area contributed by atoms with Crippen molar-refractivity contribution >= 4 is 5.91 Å². The fourth-order valence-electron chi connectivity index (χ4n) is 12.4. The Morgan fingerprint density at radius 3 is 2.79 bits per heavy atom. The number of carbonyl (C=O) groups is 1. The van der Waals surface area contributed by atoms with E-state index in [2.05, 4.69) is 50.9 Å². The first-order chi connectivity index (χ1) is 18.6. The summed E-state index contributed by atoms with van der Waals surface area (Å²) in [5, 5.41) is 13.6. The summed E-state index contributed by atoms with van der Waals surface area (Å²) in [5.41, 5.74) is 2.64. The maximum absolute atomic E-state index is 12.1. The number of aliphatic hydroxyl groups is 1. The summed E-state index contributed by atoms with van der Waals surface area (Å²) in [6.07, 6.45) is 15.1. The summed E-state index contributed by atoms with van der Waals surface area (Å²) in [5.74, 6) is 3.88. The number of nitrogens with zero attached hydrogens (tertiary/aromatic N) is 1. The van der Waals surface area contributed by atoms with E-state index >= 15 is 0 Å². The fourth-order valence-corrected chi connectivity index (χ4v) is 12.4. The van der Waals surface area contributed by atoms with E-state index in [1.165, 1.54) is 51.4 Å². The lowest BCUT2D eigenvalue weighted by Crippen LogP contribution is -2.55. The topological polar surface area (TPSA) is 61.8 Å². The van der Waals surface area contributed by atoms with E-state index in [1.54, 1.807) is 5.57 Å². The van der Waals surface area contributed by atoms with Gasteiger partial charge in [0.1, 0.15) is 0 Å². The Morgan fingerprint density at radius 2 is 2.00 bits per heavy atom. The van der Waals surface area contributed by atoms with E-state index in [4.69, 9.17) is 4.74 Å². The number of carbonyl (C=O) groups excluding carboxylic acids is 1. The van der Waals surface area contributed by atoms with Gasteiger partial charge in [0.25, 0.3) is 0 Å². The summed E-state index contributed by atoms with van der Waals surface area (Å²) in [6.45, 7) is 15.0. The molecule has 4 saturated carbocycles. The second-order valence-electron chi connectivity index (χ2n) is 15.8. The molecule has 0 aromatic rings. The van der Waals surface area contributed by atoms with Crippen LogP contribution < -0.4 is 5.32 Å². The molecule has 5 nitrogen and oxygen atoms in total. The molecule has 2 saturated heterocycles. The van der Waals surface area contributed by atoms with Gasteiger partial charge >= 0.3 is 0 Å². The van der Waals surface area contributed by atoms with Gasteiger partial charge in [0, 0.05) is 43.4 Å². The number of ether oxygens (including phenoxy) is 1. The maximum Gasteiger partial charge on any atom is 0.220 e. The molecule has 0 bridgehead atoms. The molecule has 39 heavy (non-hydrogen) atoms. The predicted octanol–water partition coefficient (Wildman–Crippen LogP) is 5.71. The zero-order chi connectivity index (χ0) is 27.4. The second kappa shape index (κ2) is 9.04. The van der Waals surface area contributed by atoms with Crippen molar-refractivity contribution in [2.24, 2.45) is 45.8 Å². The van der Waals surface area contributed by atoms with Crippen LogP contribution >= 0.6 is 0 Å². The Labute approximate surface area is 236 Å². The highest BCUT2D eigenvalue weighted by molar-refractivity contribution is 5.75. The normalized spacial score (nSPS) is 53.7. The fraction of sp³-hybridized carbons (Fsp3) is 0.912. The average molecular weight is 539 g/mol. The van der Waals surface area contributed by atoms with Gasteiger partial charge in [-0.25, -0.2) is 0 Å². The van der Waals surface area contributed by atoms with Crippen molar-refractivity contribution in [2.75, 3.05) is 19.6 Å². The predicted molar refractivity (Wildman–Crippen MR) is 154 cm³/mol. The minimum Gasteiger partial charge on any atom is -0.389 e. The van der Waals surface area contributed by atoms with Crippen LogP contribution in [0, 0.1) is 45.8 Å². The zero-order valence-electron chi connectivity index (χ0n) is 25.3. The molecule has 2 unspecified atom stereocenters. The molecule has 0 aromatic heterocycles. The number of hydrogen-bond donors (Lipinski definition) is 2. The number of nitrogens with one attached hydrogen (secondary N) is 1. The third kappa shape index (κ3) is 3.57. The van der Waals surface area contributed by atoms with Crippen molar-refractivity contribution in [3.05, 3.63) is 11.6 Å². The van der Waals surface area contributed by atoms with E-state index < -0.39 is 0 Å². The van der Waals surface area contributed by atoms with Crippen LogP contribution in [0.1, 0.15) is 105 Å². The summed E-state index contributed by atoms with van der Waals surface area (Å²) in [6, 6.07) is 0.478. The molecule has 2 spiro atoms. The molecule has 0 aromatic carbocycles. The molecule has 12 atom stereocenters. The van der Waals surface area contributed by atoms with Crippen LogP contribution in [-0.2, 0) is 9.53 Å². The molecule has 7 rings (SSSR count). The lowest BCUT2D eigenvalue weighted by atomic mass is 9.56. The van der Waals surface area contributed by atoms with Crippen LogP contribution in [0.15, 0.2) is 11.6 Å². The van der Waals surface area contributed by atoms with Crippen LogP contribution in [0.25, 0.3) is 0 Å². The molecule has 6 fully saturated rings. The number of amides is 1. The maximum atomic E-state index is 12.1. The zero-order valence-corrected chi connectivity index (χ0v) is 25.3. The van der Waals surface area contributed by atoms with Crippen molar-refractivity contribution in [1.29, 1.82) is 0 Å².